The summed E-state index contributed by atoms with van der Waals surface area (Å²) in [5.41, 5.74) is 1.48. The van der Waals surface area contributed by atoms with Gasteiger partial charge < -0.3 is 15.3 Å². The lowest BCUT2D eigenvalue weighted by molar-refractivity contribution is -0.119. The van der Waals surface area contributed by atoms with Crippen molar-refractivity contribution in [2.75, 3.05) is 11.9 Å². The largest absolute Gasteiger partial charge is 0.506 e. The van der Waals surface area contributed by atoms with Crippen LogP contribution in [0.1, 0.15) is 23.2 Å². The van der Waals surface area contributed by atoms with E-state index in [0.29, 0.717) is 41.8 Å². The first-order chi connectivity index (χ1) is 15.6. The van der Waals surface area contributed by atoms with Crippen molar-refractivity contribution in [3.05, 3.63) is 66.2 Å². The molecule has 9 heteroatoms. The van der Waals surface area contributed by atoms with Gasteiger partial charge in [-0.1, -0.05) is 42.5 Å². The molecule has 0 radical (unpaired) electrons. The van der Waals surface area contributed by atoms with Gasteiger partial charge in [-0.3, -0.25) is 9.59 Å². The highest BCUT2D eigenvalue weighted by Gasteiger charge is 2.35. The van der Waals surface area contributed by atoms with Gasteiger partial charge in [-0.05, 0) is 41.6 Å². The minimum atomic E-state index is -0.623. The minimum absolute atomic E-state index is 0.0630. The van der Waals surface area contributed by atoms with Gasteiger partial charge in [0.25, 0.3) is 5.91 Å². The number of aromatic amines is 1. The van der Waals surface area contributed by atoms with E-state index in [2.05, 4.69) is 25.9 Å². The van der Waals surface area contributed by atoms with Crippen molar-refractivity contribution in [2.24, 2.45) is 0 Å². The summed E-state index contributed by atoms with van der Waals surface area (Å²) in [5, 5.41) is 28.9. The Morgan fingerprint density at radius 3 is 2.81 bits per heavy atom. The predicted molar refractivity (Wildman–Crippen MR) is 118 cm³/mol. The number of rotatable bonds is 4. The Morgan fingerprint density at radius 1 is 1.09 bits per heavy atom. The van der Waals surface area contributed by atoms with Crippen molar-refractivity contribution in [3.63, 3.8) is 0 Å². The maximum Gasteiger partial charge on any atom is 0.258 e. The van der Waals surface area contributed by atoms with Gasteiger partial charge in [0.15, 0.2) is 0 Å². The molecule has 1 unspecified atom stereocenters. The van der Waals surface area contributed by atoms with Gasteiger partial charge in [-0.25, -0.2) is 0 Å². The number of nitrogens with one attached hydrogen (secondary N) is 2. The van der Waals surface area contributed by atoms with Crippen LogP contribution < -0.4 is 5.32 Å². The molecular weight excluding hydrogens is 408 g/mol. The molecule has 5 rings (SSSR count). The van der Waals surface area contributed by atoms with Crippen molar-refractivity contribution in [3.8, 4) is 17.1 Å². The number of aromatic nitrogens is 4. The van der Waals surface area contributed by atoms with E-state index in [1.807, 2.05) is 24.3 Å². The number of anilines is 1. The maximum absolute atomic E-state index is 13.2. The average molecular weight is 428 g/mol. The zero-order valence-corrected chi connectivity index (χ0v) is 17.0. The number of amides is 2. The molecule has 0 aliphatic carbocycles. The molecule has 1 aliphatic heterocycles. The molecule has 2 heterocycles. The van der Waals surface area contributed by atoms with E-state index < -0.39 is 6.04 Å². The molecule has 4 aromatic rings. The number of H-pyrrole nitrogens is 1. The Morgan fingerprint density at radius 2 is 1.97 bits per heavy atom. The second kappa shape index (κ2) is 8.10. The van der Waals surface area contributed by atoms with Crippen LogP contribution in [0.5, 0.6) is 5.75 Å². The van der Waals surface area contributed by atoms with Gasteiger partial charge in [-0.2, -0.15) is 5.21 Å². The first-order valence-corrected chi connectivity index (χ1v) is 10.3. The topological polar surface area (TPSA) is 124 Å². The number of carbonyl (C=O) groups excluding carboxylic acids is 2. The van der Waals surface area contributed by atoms with Crippen LogP contribution in [0.2, 0.25) is 0 Å². The molecule has 1 aromatic heterocycles. The number of nitrogens with zero attached hydrogens (tertiary/aromatic N) is 4. The van der Waals surface area contributed by atoms with E-state index in [9.17, 15) is 14.7 Å². The van der Waals surface area contributed by atoms with Crippen LogP contribution >= 0.6 is 0 Å². The third-order valence-corrected chi connectivity index (χ3v) is 5.68. The SMILES string of the molecule is O=C(Nc1cccc(-c2nn[nH]n2)c1)C1CCCN1C(=O)c1ccc2ccccc2c1O. The molecule has 3 N–H and O–H groups in total. The van der Waals surface area contributed by atoms with E-state index in [-0.39, 0.29) is 23.1 Å². The maximum atomic E-state index is 13.2. The number of benzene rings is 3. The van der Waals surface area contributed by atoms with Gasteiger partial charge in [0.05, 0.1) is 5.56 Å². The number of fused-ring (bicyclic) bond motifs is 1. The van der Waals surface area contributed by atoms with Crippen LogP contribution in [0.25, 0.3) is 22.2 Å². The van der Waals surface area contributed by atoms with Crippen LogP contribution in [0.15, 0.2) is 60.7 Å². The number of phenols is 1. The van der Waals surface area contributed by atoms with Crippen LogP contribution in [-0.4, -0.2) is 55.0 Å². The van der Waals surface area contributed by atoms with Crippen molar-refractivity contribution in [2.45, 2.75) is 18.9 Å². The summed E-state index contributed by atoms with van der Waals surface area (Å²) >= 11 is 0. The minimum Gasteiger partial charge on any atom is -0.506 e. The quantitative estimate of drug-likeness (QED) is 0.459. The highest BCUT2D eigenvalue weighted by Crippen LogP contribution is 2.31. The molecule has 32 heavy (non-hydrogen) atoms. The van der Waals surface area contributed by atoms with Crippen LogP contribution in [0.3, 0.4) is 0 Å². The molecule has 160 valence electrons. The van der Waals surface area contributed by atoms with Gasteiger partial charge >= 0.3 is 0 Å². The Balaban J connectivity index is 1.37. The molecule has 0 bridgehead atoms. The highest BCUT2D eigenvalue weighted by molar-refractivity contribution is 6.06. The van der Waals surface area contributed by atoms with Gasteiger partial charge in [0, 0.05) is 23.2 Å². The molecule has 1 fully saturated rings. The number of hydrogen-bond acceptors (Lipinski definition) is 6. The molecule has 2 amide bonds. The third kappa shape index (κ3) is 3.53. The van der Waals surface area contributed by atoms with Gasteiger partial charge in [0.1, 0.15) is 11.8 Å². The fourth-order valence-electron chi connectivity index (χ4n) is 4.11. The monoisotopic (exact) mass is 428 g/mol. The molecule has 0 saturated carbocycles. The fraction of sp³-hybridized carbons (Fsp3) is 0.174. The normalized spacial score (nSPS) is 15.8. The van der Waals surface area contributed by atoms with Gasteiger partial charge in [-0.15, -0.1) is 10.2 Å². The summed E-state index contributed by atoms with van der Waals surface area (Å²) in [6.45, 7) is 0.450. The second-order valence-corrected chi connectivity index (χ2v) is 7.64. The first-order valence-electron chi connectivity index (χ1n) is 10.3. The smallest absolute Gasteiger partial charge is 0.258 e. The lowest BCUT2D eigenvalue weighted by Crippen LogP contribution is -2.43. The summed E-state index contributed by atoms with van der Waals surface area (Å²) < 4.78 is 0. The Bertz CT molecular complexity index is 1300. The van der Waals surface area contributed by atoms with E-state index in [1.54, 1.807) is 36.4 Å². The molecule has 1 atom stereocenters. The molecular formula is C23H20N6O3. The molecule has 1 aliphatic rings. The molecule has 0 spiro atoms. The number of phenolic OH excluding ortho intramolecular Hbond substituents is 1. The zero-order valence-electron chi connectivity index (χ0n) is 17.0. The van der Waals surface area contributed by atoms with E-state index in [4.69, 9.17) is 0 Å². The van der Waals surface area contributed by atoms with Crippen molar-refractivity contribution < 1.29 is 14.7 Å². The standard InChI is InChI=1S/C23H20N6O3/c30-20-17-8-2-1-5-14(17)10-11-18(20)23(32)29-12-4-9-19(29)22(31)24-16-7-3-6-15(13-16)21-25-27-28-26-21/h1-3,5-8,10-11,13,19,30H,4,9,12H2,(H,24,31)(H,25,26,27,28). The predicted octanol–water partition coefficient (Wildman–Crippen LogP) is 2.97. The molecule has 9 nitrogen and oxygen atoms in total. The van der Waals surface area contributed by atoms with E-state index >= 15 is 0 Å². The van der Waals surface area contributed by atoms with Crippen LogP contribution in [0.4, 0.5) is 5.69 Å². The number of aromatic hydroxyl groups is 1. The lowest BCUT2D eigenvalue weighted by atomic mass is 10.0. The summed E-state index contributed by atoms with van der Waals surface area (Å²) in [7, 11) is 0. The van der Waals surface area contributed by atoms with E-state index in [1.165, 1.54) is 4.90 Å². The summed E-state index contributed by atoms with van der Waals surface area (Å²) in [4.78, 5) is 27.8. The number of tetrazole rings is 1. The zero-order chi connectivity index (χ0) is 22.1. The molecule has 1 saturated heterocycles. The summed E-state index contributed by atoms with van der Waals surface area (Å²) in [5.74, 6) is -0.273. The number of carbonyl (C=O) groups is 2. The van der Waals surface area contributed by atoms with Crippen molar-refractivity contribution in [1.82, 2.24) is 25.5 Å². The number of hydrogen-bond donors (Lipinski definition) is 3. The third-order valence-electron chi connectivity index (χ3n) is 5.68. The van der Waals surface area contributed by atoms with E-state index in [0.717, 1.165) is 5.39 Å². The fourth-order valence-corrected chi connectivity index (χ4v) is 4.11. The Hall–Kier alpha value is -4.27. The lowest BCUT2D eigenvalue weighted by Gasteiger charge is -2.24. The van der Waals surface area contributed by atoms with Crippen molar-refractivity contribution in [1.29, 1.82) is 0 Å². The average Bonchev–Trinajstić information content (AvgIpc) is 3.52. The summed E-state index contributed by atoms with van der Waals surface area (Å²) in [6, 6.07) is 17.2. The van der Waals surface area contributed by atoms with Gasteiger partial charge in [0.2, 0.25) is 11.7 Å². The Labute approximate surface area is 183 Å². The highest BCUT2D eigenvalue weighted by atomic mass is 16.3. The number of likely N-dealkylation sites (tertiary alicyclic amines) is 1. The first kappa shape index (κ1) is 19.7. The van der Waals surface area contributed by atoms with Crippen molar-refractivity contribution >= 4 is 28.3 Å². The van der Waals surface area contributed by atoms with Crippen LogP contribution in [0, 0.1) is 0 Å². The Kier molecular flexibility index (Phi) is 4.98. The van der Waals surface area contributed by atoms with Crippen LogP contribution in [-0.2, 0) is 4.79 Å². The summed E-state index contributed by atoms with van der Waals surface area (Å²) in [6.07, 6.45) is 1.26. The second-order valence-electron chi connectivity index (χ2n) is 7.64. The molecule has 3 aromatic carbocycles.